The molecule has 0 radical (unpaired) electrons. The van der Waals surface area contributed by atoms with Gasteiger partial charge in [0.25, 0.3) is 0 Å². The van der Waals surface area contributed by atoms with Crippen molar-refractivity contribution in [3.8, 4) is 23.0 Å². The first-order chi connectivity index (χ1) is 13.0. The van der Waals surface area contributed by atoms with Crippen LogP contribution in [0, 0.1) is 0 Å². The van der Waals surface area contributed by atoms with Crippen LogP contribution < -0.4 is 24.4 Å². The number of benzene rings is 2. The smallest absolute Gasteiger partial charge is 0.175 e. The third-order valence-corrected chi connectivity index (χ3v) is 4.23. The van der Waals surface area contributed by atoms with Crippen molar-refractivity contribution in [3.05, 3.63) is 45.9 Å². The highest BCUT2D eigenvalue weighted by molar-refractivity contribution is 9.10. The number of hydrogen-bond donors (Lipinski definition) is 1. The van der Waals surface area contributed by atoms with E-state index in [4.69, 9.17) is 18.9 Å². The molecule has 0 aliphatic heterocycles. The van der Waals surface area contributed by atoms with Crippen LogP contribution >= 0.6 is 15.9 Å². The summed E-state index contributed by atoms with van der Waals surface area (Å²) in [5.74, 6) is 2.72. The quantitative estimate of drug-likeness (QED) is 0.466. The van der Waals surface area contributed by atoms with Crippen LogP contribution in [-0.4, -0.2) is 33.6 Å². The number of hydrazone groups is 1. The second kappa shape index (κ2) is 10.1. The average Bonchev–Trinajstić information content (AvgIpc) is 2.66. The monoisotopic (exact) mass is 436 g/mol. The Morgan fingerprint density at radius 3 is 2.33 bits per heavy atom. The number of ether oxygens (including phenoxy) is 4. The summed E-state index contributed by atoms with van der Waals surface area (Å²) in [5.41, 5.74) is 4.94. The molecular weight excluding hydrogens is 412 g/mol. The van der Waals surface area contributed by atoms with Crippen LogP contribution in [0.2, 0.25) is 0 Å². The van der Waals surface area contributed by atoms with Gasteiger partial charge in [0.15, 0.2) is 23.0 Å². The standard InChI is InChI=1S/C20H25BrN2O4/c1-13(2)27-20-16(21)8-15(10-19(20)26-5)12-23-22-11-14-6-7-17(24-3)18(9-14)25-4/h6-10,12-13,22H,11H2,1-5H3/b23-12+. The van der Waals surface area contributed by atoms with Crippen LogP contribution in [0.5, 0.6) is 23.0 Å². The van der Waals surface area contributed by atoms with Gasteiger partial charge < -0.3 is 24.4 Å². The van der Waals surface area contributed by atoms with E-state index in [0.29, 0.717) is 29.5 Å². The fraction of sp³-hybridized carbons (Fsp3) is 0.350. The molecule has 0 spiro atoms. The van der Waals surface area contributed by atoms with Gasteiger partial charge in [-0.3, -0.25) is 0 Å². The van der Waals surface area contributed by atoms with Gasteiger partial charge in [-0.15, -0.1) is 0 Å². The zero-order valence-electron chi connectivity index (χ0n) is 16.2. The van der Waals surface area contributed by atoms with Crippen LogP contribution in [0.4, 0.5) is 0 Å². The van der Waals surface area contributed by atoms with Crippen LogP contribution in [-0.2, 0) is 6.54 Å². The molecule has 0 amide bonds. The van der Waals surface area contributed by atoms with Crippen LogP contribution in [0.3, 0.4) is 0 Å². The first-order valence-electron chi connectivity index (χ1n) is 8.49. The Bertz CT molecular complexity index is 794. The number of methoxy groups -OCH3 is 3. The normalized spacial score (nSPS) is 10.9. The van der Waals surface area contributed by atoms with Crippen LogP contribution in [0.25, 0.3) is 0 Å². The molecule has 0 bridgehead atoms. The molecule has 2 aromatic rings. The van der Waals surface area contributed by atoms with Gasteiger partial charge in [0.2, 0.25) is 0 Å². The number of nitrogens with zero attached hydrogens (tertiary/aromatic N) is 1. The van der Waals surface area contributed by atoms with Crippen molar-refractivity contribution in [1.29, 1.82) is 0 Å². The van der Waals surface area contributed by atoms with Crippen molar-refractivity contribution >= 4 is 22.1 Å². The van der Waals surface area contributed by atoms with Gasteiger partial charge in [-0.05, 0) is 65.2 Å². The maximum absolute atomic E-state index is 5.79. The minimum Gasteiger partial charge on any atom is -0.493 e. The molecule has 2 rings (SSSR count). The van der Waals surface area contributed by atoms with Gasteiger partial charge in [-0.1, -0.05) is 6.07 Å². The summed E-state index contributed by atoms with van der Waals surface area (Å²) in [6.45, 7) is 4.50. The van der Waals surface area contributed by atoms with E-state index < -0.39 is 0 Å². The van der Waals surface area contributed by atoms with E-state index in [1.165, 1.54) is 0 Å². The number of rotatable bonds is 9. The van der Waals surface area contributed by atoms with Crippen LogP contribution in [0.1, 0.15) is 25.0 Å². The summed E-state index contributed by atoms with van der Waals surface area (Å²) in [7, 11) is 4.85. The molecule has 6 nitrogen and oxygen atoms in total. The molecule has 0 aromatic heterocycles. The summed E-state index contributed by atoms with van der Waals surface area (Å²) in [6, 6.07) is 9.56. The minimum atomic E-state index is 0.0536. The molecule has 0 heterocycles. The third kappa shape index (κ3) is 5.79. The van der Waals surface area contributed by atoms with E-state index in [9.17, 15) is 0 Å². The Kier molecular flexibility index (Phi) is 7.79. The first kappa shape index (κ1) is 20.9. The molecule has 0 aliphatic rings. The van der Waals surface area contributed by atoms with E-state index in [1.807, 2.05) is 44.2 Å². The van der Waals surface area contributed by atoms with Gasteiger partial charge in [-0.25, -0.2) is 0 Å². The van der Waals surface area contributed by atoms with E-state index in [1.54, 1.807) is 27.5 Å². The molecule has 0 atom stereocenters. The summed E-state index contributed by atoms with van der Waals surface area (Å²) in [5, 5.41) is 4.28. The van der Waals surface area contributed by atoms with Crippen molar-refractivity contribution in [1.82, 2.24) is 5.43 Å². The highest BCUT2D eigenvalue weighted by Crippen LogP contribution is 2.37. The molecule has 1 N–H and O–H groups in total. The maximum Gasteiger partial charge on any atom is 0.175 e. The highest BCUT2D eigenvalue weighted by atomic mass is 79.9. The predicted molar refractivity (Wildman–Crippen MR) is 110 cm³/mol. The molecule has 7 heteroatoms. The predicted octanol–water partition coefficient (Wildman–Crippen LogP) is 4.39. The SMILES string of the molecule is COc1ccc(CN/N=C/c2cc(Br)c(OC(C)C)c(OC)c2)cc1OC. The number of halogens is 1. The highest BCUT2D eigenvalue weighted by Gasteiger charge is 2.12. The molecular formula is C20H25BrN2O4. The maximum atomic E-state index is 5.79. The number of hydrogen-bond acceptors (Lipinski definition) is 6. The second-order valence-electron chi connectivity index (χ2n) is 5.98. The molecule has 27 heavy (non-hydrogen) atoms. The van der Waals surface area contributed by atoms with E-state index >= 15 is 0 Å². The van der Waals surface area contributed by atoms with Gasteiger partial charge in [-0.2, -0.15) is 5.10 Å². The van der Waals surface area contributed by atoms with Gasteiger partial charge in [0.05, 0.1) is 44.7 Å². The van der Waals surface area contributed by atoms with E-state index in [2.05, 4.69) is 26.5 Å². The fourth-order valence-corrected chi connectivity index (χ4v) is 2.97. The fourth-order valence-electron chi connectivity index (χ4n) is 2.41. The lowest BCUT2D eigenvalue weighted by Gasteiger charge is -2.15. The van der Waals surface area contributed by atoms with Crippen molar-refractivity contribution in [3.63, 3.8) is 0 Å². The Morgan fingerprint density at radius 1 is 1.00 bits per heavy atom. The zero-order valence-corrected chi connectivity index (χ0v) is 17.8. The zero-order chi connectivity index (χ0) is 19.8. The van der Waals surface area contributed by atoms with Crippen molar-refractivity contribution in [2.24, 2.45) is 5.10 Å². The van der Waals surface area contributed by atoms with Crippen molar-refractivity contribution < 1.29 is 18.9 Å². The lowest BCUT2D eigenvalue weighted by atomic mass is 10.2. The van der Waals surface area contributed by atoms with E-state index in [0.717, 1.165) is 15.6 Å². The van der Waals surface area contributed by atoms with Gasteiger partial charge >= 0.3 is 0 Å². The molecule has 0 saturated heterocycles. The minimum absolute atomic E-state index is 0.0536. The van der Waals surface area contributed by atoms with E-state index in [-0.39, 0.29) is 6.10 Å². The van der Waals surface area contributed by atoms with Crippen molar-refractivity contribution in [2.75, 3.05) is 21.3 Å². The molecule has 0 fully saturated rings. The summed E-state index contributed by atoms with van der Waals surface area (Å²) >= 11 is 3.53. The third-order valence-electron chi connectivity index (χ3n) is 3.64. The Labute approximate surface area is 168 Å². The first-order valence-corrected chi connectivity index (χ1v) is 9.28. The lowest BCUT2D eigenvalue weighted by molar-refractivity contribution is 0.228. The summed E-state index contributed by atoms with van der Waals surface area (Å²) < 4.78 is 22.6. The molecule has 146 valence electrons. The topological polar surface area (TPSA) is 61.3 Å². The molecule has 0 aliphatic carbocycles. The number of nitrogens with one attached hydrogen (secondary N) is 1. The summed E-state index contributed by atoms with van der Waals surface area (Å²) in [6.07, 6.45) is 1.78. The summed E-state index contributed by atoms with van der Waals surface area (Å²) in [4.78, 5) is 0. The lowest BCUT2D eigenvalue weighted by Crippen LogP contribution is -2.08. The average molecular weight is 437 g/mol. The Morgan fingerprint density at radius 2 is 1.70 bits per heavy atom. The Hall–Kier alpha value is -2.41. The molecule has 0 saturated carbocycles. The largest absolute Gasteiger partial charge is 0.493 e. The van der Waals surface area contributed by atoms with Gasteiger partial charge in [0.1, 0.15) is 0 Å². The van der Waals surface area contributed by atoms with Gasteiger partial charge in [0, 0.05) is 0 Å². The van der Waals surface area contributed by atoms with Crippen LogP contribution in [0.15, 0.2) is 39.9 Å². The molecule has 2 aromatic carbocycles. The molecule has 0 unspecified atom stereocenters. The Balaban J connectivity index is 2.05. The second-order valence-corrected chi connectivity index (χ2v) is 6.84. The van der Waals surface area contributed by atoms with Crippen molar-refractivity contribution in [2.45, 2.75) is 26.5 Å².